The standard InChI is InChI=1S/C26H25N3O4S/c1-26-22(24(30)27-16-9-11-18(31-2)12-10-16)23(20-15-19(32-3)13-14-21(20)33-26)28-25(34)29(26)17-7-5-4-6-8-17/h4-15,22-23H,1-3H3,(H,27,30)(H,28,34)/t22-,23+,26-/m0/s1. The maximum Gasteiger partial charge on any atom is 0.236 e. The number of ether oxygens (including phenoxy) is 3. The second kappa shape index (κ2) is 8.53. The van der Waals surface area contributed by atoms with Crippen molar-refractivity contribution in [2.24, 2.45) is 5.92 Å². The van der Waals surface area contributed by atoms with Gasteiger partial charge in [-0.2, -0.15) is 0 Å². The van der Waals surface area contributed by atoms with E-state index < -0.39 is 17.7 Å². The van der Waals surface area contributed by atoms with Crippen molar-refractivity contribution in [3.8, 4) is 17.2 Å². The summed E-state index contributed by atoms with van der Waals surface area (Å²) in [6, 6.07) is 22.1. The fourth-order valence-corrected chi connectivity index (χ4v) is 5.16. The molecule has 3 aromatic carbocycles. The summed E-state index contributed by atoms with van der Waals surface area (Å²) in [6.45, 7) is 1.91. The summed E-state index contributed by atoms with van der Waals surface area (Å²) < 4.78 is 17.3. The van der Waals surface area contributed by atoms with E-state index in [1.54, 1.807) is 26.4 Å². The number of methoxy groups -OCH3 is 2. The van der Waals surface area contributed by atoms with Crippen LogP contribution < -0.4 is 29.7 Å². The van der Waals surface area contributed by atoms with E-state index in [9.17, 15) is 4.79 Å². The first kappa shape index (κ1) is 22.0. The maximum absolute atomic E-state index is 13.8. The van der Waals surface area contributed by atoms with E-state index in [4.69, 9.17) is 26.4 Å². The third kappa shape index (κ3) is 3.60. The fourth-order valence-electron chi connectivity index (χ4n) is 4.75. The third-order valence-corrected chi connectivity index (χ3v) is 6.66. The van der Waals surface area contributed by atoms with Gasteiger partial charge in [0.15, 0.2) is 10.8 Å². The molecule has 3 atom stereocenters. The topological polar surface area (TPSA) is 72.1 Å². The minimum Gasteiger partial charge on any atom is -0.497 e. The Morgan fingerprint density at radius 3 is 2.38 bits per heavy atom. The predicted molar refractivity (Wildman–Crippen MR) is 135 cm³/mol. The number of benzene rings is 3. The summed E-state index contributed by atoms with van der Waals surface area (Å²) in [6.07, 6.45) is 0. The Hall–Kier alpha value is -3.78. The molecule has 0 aromatic heterocycles. The van der Waals surface area contributed by atoms with Crippen LogP contribution in [0.5, 0.6) is 17.2 Å². The van der Waals surface area contributed by atoms with E-state index in [1.165, 1.54) is 0 Å². The zero-order chi connectivity index (χ0) is 23.9. The summed E-state index contributed by atoms with van der Waals surface area (Å²) in [7, 11) is 3.22. The molecule has 0 saturated carbocycles. The van der Waals surface area contributed by atoms with Gasteiger partial charge in [-0.25, -0.2) is 0 Å². The average molecular weight is 476 g/mol. The number of para-hydroxylation sites is 1. The van der Waals surface area contributed by atoms with E-state index >= 15 is 0 Å². The molecule has 2 aliphatic heterocycles. The van der Waals surface area contributed by atoms with Crippen LogP contribution in [-0.4, -0.2) is 31.0 Å². The fraction of sp³-hybridized carbons (Fsp3) is 0.231. The molecule has 3 aromatic rings. The highest BCUT2D eigenvalue weighted by atomic mass is 32.1. The van der Waals surface area contributed by atoms with Crippen molar-refractivity contribution in [2.75, 3.05) is 24.4 Å². The van der Waals surface area contributed by atoms with E-state index in [0.717, 1.165) is 11.3 Å². The number of carbonyl (C=O) groups excluding carboxylic acids is 1. The first-order valence-electron chi connectivity index (χ1n) is 10.9. The van der Waals surface area contributed by atoms with Gasteiger partial charge in [-0.05, 0) is 73.7 Å². The average Bonchev–Trinajstić information content (AvgIpc) is 2.84. The third-order valence-electron chi connectivity index (χ3n) is 6.36. The molecule has 2 N–H and O–H groups in total. The second-order valence-electron chi connectivity index (χ2n) is 8.35. The van der Waals surface area contributed by atoms with Crippen molar-refractivity contribution in [3.05, 3.63) is 78.4 Å². The van der Waals surface area contributed by atoms with Crippen molar-refractivity contribution < 1.29 is 19.0 Å². The Balaban J connectivity index is 1.59. The molecule has 174 valence electrons. The van der Waals surface area contributed by atoms with Crippen LogP contribution >= 0.6 is 12.2 Å². The van der Waals surface area contributed by atoms with Gasteiger partial charge in [0.1, 0.15) is 23.2 Å². The summed E-state index contributed by atoms with van der Waals surface area (Å²) in [5.74, 6) is 1.24. The van der Waals surface area contributed by atoms with Crippen LogP contribution in [0.15, 0.2) is 72.8 Å². The molecule has 0 aliphatic carbocycles. The van der Waals surface area contributed by atoms with Crippen LogP contribution in [-0.2, 0) is 4.79 Å². The smallest absolute Gasteiger partial charge is 0.236 e. The maximum atomic E-state index is 13.8. The molecule has 8 heteroatoms. The molecule has 1 saturated heterocycles. The lowest BCUT2D eigenvalue weighted by molar-refractivity contribution is -0.130. The van der Waals surface area contributed by atoms with Crippen LogP contribution in [0.2, 0.25) is 0 Å². The number of amides is 1. The number of hydrogen-bond acceptors (Lipinski definition) is 5. The van der Waals surface area contributed by atoms with Crippen LogP contribution in [0.4, 0.5) is 11.4 Å². The normalized spacial score (nSPS) is 22.7. The van der Waals surface area contributed by atoms with Gasteiger partial charge in [0, 0.05) is 16.9 Å². The number of nitrogens with zero attached hydrogens (tertiary/aromatic N) is 1. The lowest BCUT2D eigenvalue weighted by Crippen LogP contribution is -2.72. The van der Waals surface area contributed by atoms with Crippen LogP contribution in [0.3, 0.4) is 0 Å². The van der Waals surface area contributed by atoms with Gasteiger partial charge in [0.25, 0.3) is 0 Å². The van der Waals surface area contributed by atoms with Crippen molar-refractivity contribution in [2.45, 2.75) is 18.7 Å². The van der Waals surface area contributed by atoms with Crippen molar-refractivity contribution in [3.63, 3.8) is 0 Å². The Labute approximate surface area is 203 Å². The second-order valence-corrected chi connectivity index (χ2v) is 8.74. The zero-order valence-electron chi connectivity index (χ0n) is 19.1. The van der Waals surface area contributed by atoms with E-state index in [-0.39, 0.29) is 5.91 Å². The van der Waals surface area contributed by atoms with Crippen molar-refractivity contribution >= 4 is 34.6 Å². The van der Waals surface area contributed by atoms with E-state index in [1.807, 2.05) is 72.5 Å². The molecule has 2 heterocycles. The first-order valence-corrected chi connectivity index (χ1v) is 11.3. The Kier molecular flexibility index (Phi) is 5.53. The quantitative estimate of drug-likeness (QED) is 0.527. The van der Waals surface area contributed by atoms with Gasteiger partial charge in [-0.3, -0.25) is 9.69 Å². The Morgan fingerprint density at radius 1 is 1.03 bits per heavy atom. The van der Waals surface area contributed by atoms with Gasteiger partial charge < -0.3 is 24.8 Å². The van der Waals surface area contributed by atoms with Crippen LogP contribution in [0.1, 0.15) is 18.5 Å². The molecule has 5 rings (SSSR count). The predicted octanol–water partition coefficient (Wildman–Crippen LogP) is 4.50. The molecule has 1 amide bonds. The summed E-state index contributed by atoms with van der Waals surface area (Å²) >= 11 is 5.78. The minimum atomic E-state index is -1.08. The van der Waals surface area contributed by atoms with Gasteiger partial charge in [-0.15, -0.1) is 0 Å². The lowest BCUT2D eigenvalue weighted by atomic mass is 9.78. The SMILES string of the molecule is COc1ccc(NC(=O)[C@@H]2[C@@H]3NC(=S)N(c4ccccc4)[C@@]2(C)Oc2ccc(OC)cc23)cc1. The monoisotopic (exact) mass is 475 g/mol. The molecular formula is C26H25N3O4S. The number of fused-ring (bicyclic) bond motifs is 4. The number of anilines is 2. The molecule has 34 heavy (non-hydrogen) atoms. The van der Waals surface area contributed by atoms with Crippen LogP contribution in [0, 0.1) is 5.92 Å². The molecule has 0 unspecified atom stereocenters. The molecule has 7 nitrogen and oxygen atoms in total. The summed E-state index contributed by atoms with van der Waals surface area (Å²) in [5.41, 5.74) is 1.24. The highest BCUT2D eigenvalue weighted by Gasteiger charge is 2.59. The molecule has 0 spiro atoms. The number of hydrogen-bond donors (Lipinski definition) is 2. The molecular weight excluding hydrogens is 450 g/mol. The Bertz CT molecular complexity index is 1230. The minimum absolute atomic E-state index is 0.193. The summed E-state index contributed by atoms with van der Waals surface area (Å²) in [4.78, 5) is 15.7. The highest BCUT2D eigenvalue weighted by Crippen LogP contribution is 2.50. The zero-order valence-corrected chi connectivity index (χ0v) is 19.9. The number of rotatable bonds is 5. The molecule has 2 aliphatic rings. The number of nitrogens with one attached hydrogen (secondary N) is 2. The summed E-state index contributed by atoms with van der Waals surface area (Å²) in [5, 5.41) is 6.94. The van der Waals surface area contributed by atoms with Crippen molar-refractivity contribution in [1.29, 1.82) is 0 Å². The lowest BCUT2D eigenvalue weighted by Gasteiger charge is -2.56. The van der Waals surface area contributed by atoms with E-state index in [2.05, 4.69) is 10.6 Å². The number of carbonyl (C=O) groups is 1. The number of thiocarbonyl (C=S) groups is 1. The van der Waals surface area contributed by atoms with Crippen molar-refractivity contribution in [1.82, 2.24) is 5.32 Å². The van der Waals surface area contributed by atoms with Gasteiger partial charge in [0.05, 0.1) is 20.3 Å². The largest absolute Gasteiger partial charge is 0.497 e. The highest BCUT2D eigenvalue weighted by molar-refractivity contribution is 7.80. The first-order chi connectivity index (χ1) is 16.4. The van der Waals surface area contributed by atoms with Gasteiger partial charge in [-0.1, -0.05) is 18.2 Å². The molecule has 1 fully saturated rings. The molecule has 0 radical (unpaired) electrons. The molecule has 2 bridgehead atoms. The van der Waals surface area contributed by atoms with Crippen LogP contribution in [0.25, 0.3) is 0 Å². The van der Waals surface area contributed by atoms with E-state index in [0.29, 0.717) is 28.0 Å². The Morgan fingerprint density at radius 2 is 1.71 bits per heavy atom. The van der Waals surface area contributed by atoms with Gasteiger partial charge in [0.2, 0.25) is 5.91 Å². The van der Waals surface area contributed by atoms with Gasteiger partial charge >= 0.3 is 0 Å².